The number of halogens is 2. The summed E-state index contributed by atoms with van der Waals surface area (Å²) in [5.74, 6) is -0.458. The third kappa shape index (κ3) is 2.71. The zero-order valence-corrected chi connectivity index (χ0v) is 12.8. The van der Waals surface area contributed by atoms with Crippen LogP contribution in [0.3, 0.4) is 0 Å². The van der Waals surface area contributed by atoms with E-state index >= 15 is 0 Å². The van der Waals surface area contributed by atoms with E-state index in [1.165, 1.54) is 6.07 Å². The second-order valence-corrected chi connectivity index (χ2v) is 5.98. The summed E-state index contributed by atoms with van der Waals surface area (Å²) in [5.41, 5.74) is 8.94. The minimum Gasteiger partial charge on any atom is -0.352 e. The van der Waals surface area contributed by atoms with Crippen LogP contribution >= 0.6 is 15.9 Å². The Kier molecular flexibility index (Phi) is 3.78. The summed E-state index contributed by atoms with van der Waals surface area (Å²) < 4.78 is 14.7. The fraction of sp³-hybridized carbons (Fsp3) is 0.188. The van der Waals surface area contributed by atoms with Crippen LogP contribution in [0.1, 0.15) is 33.1 Å². The summed E-state index contributed by atoms with van der Waals surface area (Å²) in [6, 6.07) is 9.73. The molecule has 0 radical (unpaired) electrons. The normalized spacial score (nSPS) is 15.3. The number of carbonyl (C=O) groups excluding carboxylic acids is 1. The molecule has 0 fully saturated rings. The molecular formula is C16H14BrFN2O. The van der Waals surface area contributed by atoms with Gasteiger partial charge < -0.3 is 11.1 Å². The summed E-state index contributed by atoms with van der Waals surface area (Å²) in [6.45, 7) is 0.651. The predicted molar refractivity (Wildman–Crippen MR) is 82.6 cm³/mol. The van der Waals surface area contributed by atoms with Gasteiger partial charge >= 0.3 is 0 Å². The van der Waals surface area contributed by atoms with Crippen LogP contribution < -0.4 is 11.1 Å². The van der Waals surface area contributed by atoms with Crippen LogP contribution in [-0.4, -0.2) is 12.5 Å². The van der Waals surface area contributed by atoms with E-state index in [1.54, 1.807) is 18.2 Å². The van der Waals surface area contributed by atoms with Crippen LogP contribution in [0.15, 0.2) is 40.9 Å². The highest BCUT2D eigenvalue weighted by Crippen LogP contribution is 2.27. The summed E-state index contributed by atoms with van der Waals surface area (Å²) in [6.07, 6.45) is 0.809. The minimum atomic E-state index is -0.599. The van der Waals surface area contributed by atoms with Crippen molar-refractivity contribution in [3.05, 3.63) is 68.9 Å². The van der Waals surface area contributed by atoms with Crippen LogP contribution in [0.2, 0.25) is 0 Å². The molecule has 1 unspecified atom stereocenters. The fourth-order valence-corrected chi connectivity index (χ4v) is 2.89. The van der Waals surface area contributed by atoms with Crippen molar-refractivity contribution in [1.29, 1.82) is 0 Å². The van der Waals surface area contributed by atoms with Crippen LogP contribution in [0, 0.1) is 5.82 Å². The smallest absolute Gasteiger partial charge is 0.251 e. The number of rotatable bonds is 2. The Morgan fingerprint density at radius 2 is 2.05 bits per heavy atom. The molecule has 1 aliphatic heterocycles. The van der Waals surface area contributed by atoms with Gasteiger partial charge in [0.1, 0.15) is 5.82 Å². The van der Waals surface area contributed by atoms with Crippen LogP contribution in [-0.2, 0) is 6.42 Å². The number of nitrogens with two attached hydrogens (primary N) is 1. The number of carbonyl (C=O) groups is 1. The first-order valence-electron chi connectivity index (χ1n) is 6.68. The maximum absolute atomic E-state index is 14.0. The molecule has 0 aromatic heterocycles. The van der Waals surface area contributed by atoms with Crippen LogP contribution in [0.5, 0.6) is 0 Å². The highest BCUT2D eigenvalue weighted by molar-refractivity contribution is 9.10. The number of fused-ring (bicyclic) bond motifs is 1. The zero-order valence-electron chi connectivity index (χ0n) is 11.2. The molecule has 3 nitrogen and oxygen atoms in total. The largest absolute Gasteiger partial charge is 0.352 e. The molecule has 0 saturated carbocycles. The molecule has 0 saturated heterocycles. The Balaban J connectivity index is 2.00. The van der Waals surface area contributed by atoms with Gasteiger partial charge in [0.15, 0.2) is 0 Å². The van der Waals surface area contributed by atoms with Crippen molar-refractivity contribution in [2.75, 3.05) is 6.54 Å². The highest BCUT2D eigenvalue weighted by atomic mass is 79.9. The Labute approximate surface area is 130 Å². The molecular weight excluding hydrogens is 335 g/mol. The van der Waals surface area contributed by atoms with Crippen molar-refractivity contribution in [3.63, 3.8) is 0 Å². The van der Waals surface area contributed by atoms with Gasteiger partial charge in [0.25, 0.3) is 5.91 Å². The van der Waals surface area contributed by atoms with Gasteiger partial charge in [0.2, 0.25) is 0 Å². The quantitative estimate of drug-likeness (QED) is 0.876. The maximum atomic E-state index is 14.0. The molecule has 1 aliphatic rings. The van der Waals surface area contributed by atoms with Gasteiger partial charge in [-0.15, -0.1) is 0 Å². The van der Waals surface area contributed by atoms with Crippen molar-refractivity contribution in [2.45, 2.75) is 12.5 Å². The van der Waals surface area contributed by atoms with Gasteiger partial charge in [-0.25, -0.2) is 4.39 Å². The molecule has 3 rings (SSSR count). The Morgan fingerprint density at radius 3 is 2.81 bits per heavy atom. The summed E-state index contributed by atoms with van der Waals surface area (Å²) in [7, 11) is 0. The average Bonchev–Trinajstić information content (AvgIpc) is 2.47. The van der Waals surface area contributed by atoms with E-state index in [9.17, 15) is 9.18 Å². The first-order valence-corrected chi connectivity index (χ1v) is 7.47. The van der Waals surface area contributed by atoms with E-state index in [-0.39, 0.29) is 11.7 Å². The number of amides is 1. The lowest BCUT2D eigenvalue weighted by atomic mass is 9.92. The third-order valence-corrected chi connectivity index (χ3v) is 4.21. The molecule has 2 aromatic carbocycles. The van der Waals surface area contributed by atoms with Gasteiger partial charge in [-0.3, -0.25) is 4.79 Å². The molecule has 5 heteroatoms. The number of hydrogen-bond donors (Lipinski definition) is 2. The van der Waals surface area contributed by atoms with Gasteiger partial charge in [0, 0.05) is 22.1 Å². The standard InChI is InChI=1S/C16H14BrFN2O/c17-11-3-4-12(14(18)8-11)15(19)10-2-1-9-5-6-20-16(21)13(9)7-10/h1-4,7-8,15H,5-6,19H2,(H,20,21). The molecule has 0 aliphatic carbocycles. The number of benzene rings is 2. The van der Waals surface area contributed by atoms with E-state index in [0.29, 0.717) is 22.1 Å². The molecule has 1 heterocycles. The Bertz CT molecular complexity index is 717. The lowest BCUT2D eigenvalue weighted by molar-refractivity contribution is 0.0946. The van der Waals surface area contributed by atoms with Crippen molar-refractivity contribution in [1.82, 2.24) is 5.32 Å². The summed E-state index contributed by atoms with van der Waals surface area (Å²) in [4.78, 5) is 11.9. The first kappa shape index (κ1) is 14.2. The van der Waals surface area contributed by atoms with Crippen molar-refractivity contribution in [2.24, 2.45) is 5.73 Å². The van der Waals surface area contributed by atoms with Crippen molar-refractivity contribution < 1.29 is 9.18 Å². The predicted octanol–water partition coefficient (Wildman–Crippen LogP) is 2.92. The van der Waals surface area contributed by atoms with E-state index in [2.05, 4.69) is 21.2 Å². The lowest BCUT2D eigenvalue weighted by Crippen LogP contribution is -2.32. The molecule has 21 heavy (non-hydrogen) atoms. The topological polar surface area (TPSA) is 55.1 Å². The summed E-state index contributed by atoms with van der Waals surface area (Å²) >= 11 is 3.23. The molecule has 2 aromatic rings. The first-order chi connectivity index (χ1) is 10.1. The highest BCUT2D eigenvalue weighted by Gasteiger charge is 2.20. The zero-order chi connectivity index (χ0) is 15.0. The number of nitrogens with one attached hydrogen (secondary N) is 1. The minimum absolute atomic E-state index is 0.0958. The monoisotopic (exact) mass is 348 g/mol. The Hall–Kier alpha value is -1.72. The summed E-state index contributed by atoms with van der Waals surface area (Å²) in [5, 5.41) is 2.80. The van der Waals surface area contributed by atoms with Crippen molar-refractivity contribution >= 4 is 21.8 Å². The van der Waals surface area contributed by atoms with Gasteiger partial charge in [-0.2, -0.15) is 0 Å². The Morgan fingerprint density at radius 1 is 1.24 bits per heavy atom. The van der Waals surface area contributed by atoms with Crippen LogP contribution in [0.25, 0.3) is 0 Å². The molecule has 0 spiro atoms. The van der Waals surface area contributed by atoms with Crippen LogP contribution in [0.4, 0.5) is 4.39 Å². The SMILES string of the molecule is NC(c1ccc2c(c1)C(=O)NCC2)c1ccc(Br)cc1F. The maximum Gasteiger partial charge on any atom is 0.251 e. The lowest BCUT2D eigenvalue weighted by Gasteiger charge is -2.20. The van der Waals surface area contributed by atoms with E-state index in [4.69, 9.17) is 5.73 Å². The van der Waals surface area contributed by atoms with Gasteiger partial charge in [-0.05, 0) is 35.7 Å². The van der Waals surface area contributed by atoms with Gasteiger partial charge in [0.05, 0.1) is 6.04 Å². The van der Waals surface area contributed by atoms with Gasteiger partial charge in [-0.1, -0.05) is 34.1 Å². The number of hydrogen-bond acceptors (Lipinski definition) is 2. The third-order valence-electron chi connectivity index (χ3n) is 3.72. The van der Waals surface area contributed by atoms with Crippen molar-refractivity contribution in [3.8, 4) is 0 Å². The fourth-order valence-electron chi connectivity index (χ4n) is 2.56. The van der Waals surface area contributed by atoms with E-state index in [1.807, 2.05) is 12.1 Å². The van der Waals surface area contributed by atoms with E-state index in [0.717, 1.165) is 17.5 Å². The molecule has 0 bridgehead atoms. The second kappa shape index (κ2) is 5.58. The van der Waals surface area contributed by atoms with E-state index < -0.39 is 6.04 Å². The molecule has 1 amide bonds. The molecule has 3 N–H and O–H groups in total. The second-order valence-electron chi connectivity index (χ2n) is 5.07. The molecule has 108 valence electrons. The average molecular weight is 349 g/mol. The molecule has 1 atom stereocenters.